The molecule has 0 atom stereocenters. The molecule has 0 bridgehead atoms. The summed E-state index contributed by atoms with van der Waals surface area (Å²) >= 11 is 0. The molecule has 3 aromatic rings. The van der Waals surface area contributed by atoms with Crippen LogP contribution in [0.1, 0.15) is 11.1 Å². The van der Waals surface area contributed by atoms with E-state index in [9.17, 15) is 8.42 Å². The van der Waals surface area contributed by atoms with Gasteiger partial charge in [0.25, 0.3) is 0 Å². The summed E-state index contributed by atoms with van der Waals surface area (Å²) in [6.07, 6.45) is 4.37. The van der Waals surface area contributed by atoms with Gasteiger partial charge in [-0.05, 0) is 11.1 Å². The summed E-state index contributed by atoms with van der Waals surface area (Å²) in [6.45, 7) is 0.580. The van der Waals surface area contributed by atoms with Crippen LogP contribution < -0.4 is 5.32 Å². The fourth-order valence-electron chi connectivity index (χ4n) is 2.15. The number of hydrogen-bond acceptors (Lipinski definition) is 6. The average molecular weight is 317 g/mol. The fraction of sp³-hybridized carbons (Fsp3) is 0.214. The van der Waals surface area contributed by atoms with E-state index < -0.39 is 9.84 Å². The van der Waals surface area contributed by atoms with Crippen molar-refractivity contribution in [1.82, 2.24) is 20.2 Å². The number of rotatable bonds is 5. The van der Waals surface area contributed by atoms with Gasteiger partial charge in [0, 0.05) is 12.8 Å². The molecule has 0 aliphatic carbocycles. The molecular formula is C14H15N5O2S. The van der Waals surface area contributed by atoms with Gasteiger partial charge in [-0.1, -0.05) is 24.3 Å². The largest absolute Gasteiger partial charge is 0.365 e. The topological polar surface area (TPSA) is 101 Å². The van der Waals surface area contributed by atoms with Crippen LogP contribution in [0, 0.1) is 0 Å². The number of aromatic nitrogens is 4. The summed E-state index contributed by atoms with van der Waals surface area (Å²) in [5, 5.41) is 10.8. The van der Waals surface area contributed by atoms with Gasteiger partial charge in [-0.25, -0.2) is 18.4 Å². The van der Waals surface area contributed by atoms with Crippen molar-refractivity contribution < 1.29 is 8.42 Å². The van der Waals surface area contributed by atoms with Gasteiger partial charge in [-0.3, -0.25) is 5.10 Å². The van der Waals surface area contributed by atoms with Gasteiger partial charge in [0.05, 0.1) is 17.3 Å². The number of H-pyrrole nitrogens is 1. The Morgan fingerprint density at radius 1 is 1.14 bits per heavy atom. The van der Waals surface area contributed by atoms with Crippen molar-refractivity contribution in [2.24, 2.45) is 0 Å². The van der Waals surface area contributed by atoms with Gasteiger partial charge in [-0.15, -0.1) is 0 Å². The quantitative estimate of drug-likeness (QED) is 0.740. The van der Waals surface area contributed by atoms with Crippen molar-refractivity contribution in [2.75, 3.05) is 11.6 Å². The van der Waals surface area contributed by atoms with E-state index in [1.165, 1.54) is 12.6 Å². The van der Waals surface area contributed by atoms with E-state index in [-0.39, 0.29) is 5.75 Å². The van der Waals surface area contributed by atoms with Crippen LogP contribution in [0.25, 0.3) is 11.0 Å². The molecule has 7 nitrogen and oxygen atoms in total. The maximum absolute atomic E-state index is 11.3. The Bertz CT molecular complexity index is 887. The maximum atomic E-state index is 11.3. The van der Waals surface area contributed by atoms with E-state index in [2.05, 4.69) is 25.5 Å². The highest BCUT2D eigenvalue weighted by atomic mass is 32.2. The monoisotopic (exact) mass is 317 g/mol. The number of nitrogens with zero attached hydrogens (tertiary/aromatic N) is 3. The first-order valence-corrected chi connectivity index (χ1v) is 8.71. The summed E-state index contributed by atoms with van der Waals surface area (Å²) in [6, 6.07) is 7.46. The number of benzene rings is 1. The summed E-state index contributed by atoms with van der Waals surface area (Å²) in [5.41, 5.74) is 2.50. The van der Waals surface area contributed by atoms with Crippen LogP contribution in [0.5, 0.6) is 0 Å². The number of aromatic amines is 1. The Morgan fingerprint density at radius 2 is 1.86 bits per heavy atom. The van der Waals surface area contributed by atoms with Crippen LogP contribution in [-0.2, 0) is 22.1 Å². The van der Waals surface area contributed by atoms with Gasteiger partial charge in [0.1, 0.15) is 12.1 Å². The zero-order chi connectivity index (χ0) is 15.6. The Kier molecular flexibility index (Phi) is 3.76. The third kappa shape index (κ3) is 3.40. The van der Waals surface area contributed by atoms with Gasteiger partial charge in [0.15, 0.2) is 15.5 Å². The summed E-state index contributed by atoms with van der Waals surface area (Å²) in [5.74, 6) is 0.765. The first-order chi connectivity index (χ1) is 10.5. The molecular weight excluding hydrogens is 302 g/mol. The lowest BCUT2D eigenvalue weighted by Gasteiger charge is -2.07. The van der Waals surface area contributed by atoms with E-state index in [4.69, 9.17) is 0 Å². The van der Waals surface area contributed by atoms with Crippen LogP contribution in [0.4, 0.5) is 5.82 Å². The minimum atomic E-state index is -3.01. The lowest BCUT2D eigenvalue weighted by Crippen LogP contribution is -2.03. The first-order valence-electron chi connectivity index (χ1n) is 6.65. The van der Waals surface area contributed by atoms with Crippen molar-refractivity contribution in [3.63, 3.8) is 0 Å². The molecule has 2 aromatic heterocycles. The van der Waals surface area contributed by atoms with Crippen molar-refractivity contribution in [3.8, 4) is 0 Å². The number of sulfone groups is 1. The molecule has 2 N–H and O–H groups in total. The Labute approximate surface area is 127 Å². The summed E-state index contributed by atoms with van der Waals surface area (Å²) in [7, 11) is -3.01. The lowest BCUT2D eigenvalue weighted by atomic mass is 10.1. The van der Waals surface area contributed by atoms with Crippen LogP contribution in [-0.4, -0.2) is 34.8 Å². The molecule has 0 spiro atoms. The Morgan fingerprint density at radius 3 is 2.59 bits per heavy atom. The number of nitrogens with one attached hydrogen (secondary N) is 2. The number of hydrogen-bond donors (Lipinski definition) is 2. The minimum absolute atomic E-state index is 0.0578. The predicted octanol–water partition coefficient (Wildman–Crippen LogP) is 1.51. The lowest BCUT2D eigenvalue weighted by molar-refractivity contribution is 0.601. The molecule has 1 aromatic carbocycles. The van der Waals surface area contributed by atoms with Gasteiger partial charge in [-0.2, -0.15) is 5.10 Å². The van der Waals surface area contributed by atoms with Crippen molar-refractivity contribution >= 4 is 26.7 Å². The zero-order valence-corrected chi connectivity index (χ0v) is 12.8. The van der Waals surface area contributed by atoms with Crippen molar-refractivity contribution in [1.29, 1.82) is 0 Å². The smallest absolute Gasteiger partial charge is 0.160 e. The molecule has 0 fully saturated rings. The second-order valence-electron chi connectivity index (χ2n) is 5.09. The molecule has 0 aliphatic rings. The highest BCUT2D eigenvalue weighted by Crippen LogP contribution is 2.17. The summed E-state index contributed by atoms with van der Waals surface area (Å²) in [4.78, 5) is 8.28. The molecule has 3 rings (SSSR count). The van der Waals surface area contributed by atoms with E-state index in [1.807, 2.05) is 24.3 Å². The molecule has 114 valence electrons. The third-order valence-electron chi connectivity index (χ3n) is 3.16. The van der Waals surface area contributed by atoms with Gasteiger partial charge in [0.2, 0.25) is 0 Å². The third-order valence-corrected chi connectivity index (χ3v) is 4.02. The predicted molar refractivity (Wildman–Crippen MR) is 84.0 cm³/mol. The van der Waals surface area contributed by atoms with Crippen LogP contribution in [0.2, 0.25) is 0 Å². The molecule has 0 radical (unpaired) electrons. The Balaban J connectivity index is 1.70. The molecule has 0 aliphatic heterocycles. The normalized spacial score (nSPS) is 11.7. The van der Waals surface area contributed by atoms with Crippen molar-refractivity contribution in [3.05, 3.63) is 47.9 Å². The van der Waals surface area contributed by atoms with E-state index >= 15 is 0 Å². The van der Waals surface area contributed by atoms with E-state index in [1.54, 1.807) is 6.20 Å². The van der Waals surface area contributed by atoms with Crippen LogP contribution >= 0.6 is 0 Å². The Hall–Kier alpha value is -2.48. The second-order valence-corrected chi connectivity index (χ2v) is 7.23. The van der Waals surface area contributed by atoms with Gasteiger partial charge >= 0.3 is 0 Å². The standard InChI is InChI=1S/C14H15N5O2S/c1-22(20,21)8-11-4-2-10(3-5-11)6-15-13-12-7-18-19-14(12)17-9-16-13/h2-5,7,9H,6,8H2,1H3,(H2,15,16,17,18,19). The van der Waals surface area contributed by atoms with Gasteiger partial charge < -0.3 is 5.32 Å². The van der Waals surface area contributed by atoms with E-state index in [0.717, 1.165) is 16.5 Å². The molecule has 22 heavy (non-hydrogen) atoms. The second kappa shape index (κ2) is 5.72. The van der Waals surface area contributed by atoms with Crippen LogP contribution in [0.15, 0.2) is 36.8 Å². The van der Waals surface area contributed by atoms with Crippen LogP contribution in [0.3, 0.4) is 0 Å². The highest BCUT2D eigenvalue weighted by molar-refractivity contribution is 7.89. The SMILES string of the molecule is CS(=O)(=O)Cc1ccc(CNc2ncnc3[nH]ncc23)cc1. The van der Waals surface area contributed by atoms with Crippen molar-refractivity contribution in [2.45, 2.75) is 12.3 Å². The molecule has 0 amide bonds. The highest BCUT2D eigenvalue weighted by Gasteiger charge is 2.06. The number of anilines is 1. The molecule has 8 heteroatoms. The maximum Gasteiger partial charge on any atom is 0.160 e. The molecule has 0 saturated carbocycles. The van der Waals surface area contributed by atoms with E-state index in [0.29, 0.717) is 18.0 Å². The summed E-state index contributed by atoms with van der Waals surface area (Å²) < 4.78 is 22.5. The molecule has 0 saturated heterocycles. The fourth-order valence-corrected chi connectivity index (χ4v) is 2.95. The first kappa shape index (κ1) is 14.5. The molecule has 0 unspecified atom stereocenters. The molecule has 2 heterocycles. The average Bonchev–Trinajstić information content (AvgIpc) is 2.94. The zero-order valence-electron chi connectivity index (χ0n) is 11.9. The minimum Gasteiger partial charge on any atom is -0.365 e. The number of fused-ring (bicyclic) bond motifs is 1.